The highest BCUT2D eigenvalue weighted by Crippen LogP contribution is 2.13. The number of rotatable bonds is 7. The van der Waals surface area contributed by atoms with Gasteiger partial charge in [-0.25, -0.2) is 12.7 Å². The molecule has 0 radical (unpaired) electrons. The molecule has 0 aromatic heterocycles. The van der Waals surface area contributed by atoms with Crippen LogP contribution in [0.2, 0.25) is 0 Å². The predicted octanol–water partition coefficient (Wildman–Crippen LogP) is 2.46. The van der Waals surface area contributed by atoms with E-state index in [0.717, 1.165) is 18.5 Å². The van der Waals surface area contributed by atoms with Crippen molar-refractivity contribution in [3.63, 3.8) is 0 Å². The molecule has 0 spiro atoms. The van der Waals surface area contributed by atoms with Gasteiger partial charge in [0.1, 0.15) is 0 Å². The fourth-order valence-corrected chi connectivity index (χ4v) is 3.27. The Morgan fingerprint density at radius 1 is 0.963 bits per heavy atom. The molecule has 8 heteroatoms. The summed E-state index contributed by atoms with van der Waals surface area (Å²) in [4.78, 5) is 4.49. The minimum Gasteiger partial charge on any atom is -0.356 e. The van der Waals surface area contributed by atoms with E-state index in [1.807, 2.05) is 18.2 Å². The number of nitrogens with one attached hydrogen (secondary N) is 2. The largest absolute Gasteiger partial charge is 0.356 e. The second-order valence-electron chi connectivity index (χ2n) is 6.02. The minimum atomic E-state index is -3.39. The number of hydrogen-bond donors (Lipinski definition) is 2. The summed E-state index contributed by atoms with van der Waals surface area (Å²) < 4.78 is 25.4. The van der Waals surface area contributed by atoms with Crippen LogP contribution >= 0.6 is 24.0 Å². The summed E-state index contributed by atoms with van der Waals surface area (Å²) in [5.74, 6) is 0.714. The maximum atomic E-state index is 12.1. The first-order valence-corrected chi connectivity index (χ1v) is 9.87. The van der Waals surface area contributed by atoms with Gasteiger partial charge in [-0.15, -0.1) is 24.0 Å². The van der Waals surface area contributed by atoms with E-state index < -0.39 is 10.0 Å². The Hall–Kier alpha value is -1.65. The molecular formula is C19H27IN4O2S. The van der Waals surface area contributed by atoms with Gasteiger partial charge < -0.3 is 10.6 Å². The van der Waals surface area contributed by atoms with Crippen LogP contribution in [0.1, 0.15) is 11.1 Å². The van der Waals surface area contributed by atoms with E-state index in [1.165, 1.54) is 24.0 Å². The van der Waals surface area contributed by atoms with E-state index in [4.69, 9.17) is 0 Å². The molecule has 2 rings (SSSR count). The van der Waals surface area contributed by atoms with Crippen LogP contribution < -0.4 is 10.6 Å². The zero-order chi connectivity index (χ0) is 19.0. The summed E-state index contributed by atoms with van der Waals surface area (Å²) in [5.41, 5.74) is 2.25. The highest BCUT2D eigenvalue weighted by atomic mass is 127. The van der Waals surface area contributed by atoms with Gasteiger partial charge in [-0.1, -0.05) is 42.5 Å². The maximum Gasteiger partial charge on any atom is 0.242 e. The van der Waals surface area contributed by atoms with Crippen LogP contribution in [0, 0.1) is 0 Å². The minimum absolute atomic E-state index is 0. The van der Waals surface area contributed by atoms with Crippen molar-refractivity contribution in [2.24, 2.45) is 4.99 Å². The van der Waals surface area contributed by atoms with Crippen molar-refractivity contribution in [2.75, 3.05) is 27.7 Å². The normalized spacial score (nSPS) is 11.8. The summed E-state index contributed by atoms with van der Waals surface area (Å²) in [6.07, 6.45) is 0.915. The molecule has 2 aromatic rings. The summed E-state index contributed by atoms with van der Waals surface area (Å²) in [5, 5.41) is 6.51. The molecule has 27 heavy (non-hydrogen) atoms. The van der Waals surface area contributed by atoms with Gasteiger partial charge in [0.2, 0.25) is 10.0 Å². The molecule has 0 bridgehead atoms. The van der Waals surface area contributed by atoms with Crippen LogP contribution in [0.25, 0.3) is 0 Å². The van der Waals surface area contributed by atoms with Gasteiger partial charge in [0.05, 0.1) is 4.90 Å². The van der Waals surface area contributed by atoms with Crippen LogP contribution in [-0.2, 0) is 23.0 Å². The van der Waals surface area contributed by atoms with E-state index >= 15 is 0 Å². The Morgan fingerprint density at radius 2 is 1.59 bits per heavy atom. The van der Waals surface area contributed by atoms with Crippen LogP contribution in [0.4, 0.5) is 0 Å². The fourth-order valence-electron chi connectivity index (χ4n) is 2.37. The third-order valence-electron chi connectivity index (χ3n) is 3.93. The van der Waals surface area contributed by atoms with Gasteiger partial charge in [0.15, 0.2) is 5.96 Å². The lowest BCUT2D eigenvalue weighted by atomic mass is 10.1. The van der Waals surface area contributed by atoms with E-state index in [0.29, 0.717) is 12.5 Å². The quantitative estimate of drug-likeness (QED) is 0.347. The van der Waals surface area contributed by atoms with Gasteiger partial charge in [0.25, 0.3) is 0 Å². The average molecular weight is 502 g/mol. The topological polar surface area (TPSA) is 73.8 Å². The smallest absolute Gasteiger partial charge is 0.242 e. The third kappa shape index (κ3) is 7.11. The Bertz CT molecular complexity index is 823. The lowest BCUT2D eigenvalue weighted by molar-refractivity contribution is 0.520. The first kappa shape index (κ1) is 23.4. The van der Waals surface area contributed by atoms with Crippen molar-refractivity contribution in [3.05, 3.63) is 65.7 Å². The van der Waals surface area contributed by atoms with Gasteiger partial charge in [0, 0.05) is 34.2 Å². The first-order chi connectivity index (χ1) is 12.4. The molecule has 0 fully saturated rings. The molecule has 0 amide bonds. The number of hydrogen-bond acceptors (Lipinski definition) is 3. The molecule has 0 saturated heterocycles. The molecule has 6 nitrogen and oxygen atoms in total. The van der Waals surface area contributed by atoms with E-state index in [-0.39, 0.29) is 28.9 Å². The van der Waals surface area contributed by atoms with Crippen LogP contribution in [-0.4, -0.2) is 46.4 Å². The number of nitrogens with zero attached hydrogens (tertiary/aromatic N) is 2. The lowest BCUT2D eigenvalue weighted by Crippen LogP contribution is -2.37. The summed E-state index contributed by atoms with van der Waals surface area (Å²) >= 11 is 0. The van der Waals surface area contributed by atoms with Crippen LogP contribution in [0.15, 0.2) is 64.5 Å². The van der Waals surface area contributed by atoms with Crippen molar-refractivity contribution in [2.45, 2.75) is 17.9 Å². The van der Waals surface area contributed by atoms with Crippen molar-refractivity contribution in [1.29, 1.82) is 0 Å². The van der Waals surface area contributed by atoms with Crippen molar-refractivity contribution in [3.8, 4) is 0 Å². The SMILES string of the molecule is CN=C(NCCc1ccccc1)NCc1ccc(S(=O)(=O)N(C)C)cc1.I. The molecule has 0 aliphatic rings. The van der Waals surface area contributed by atoms with Crippen LogP contribution in [0.5, 0.6) is 0 Å². The summed E-state index contributed by atoms with van der Waals surface area (Å²) in [7, 11) is 1.38. The Morgan fingerprint density at radius 3 is 2.15 bits per heavy atom. The molecule has 0 aliphatic heterocycles. The Balaban J connectivity index is 0.00000364. The zero-order valence-electron chi connectivity index (χ0n) is 15.8. The molecule has 2 aromatic carbocycles. The van der Waals surface area contributed by atoms with Gasteiger partial charge in [-0.3, -0.25) is 4.99 Å². The molecular weight excluding hydrogens is 475 g/mol. The first-order valence-electron chi connectivity index (χ1n) is 8.43. The monoisotopic (exact) mass is 502 g/mol. The number of halogens is 1. The number of guanidine groups is 1. The highest BCUT2D eigenvalue weighted by molar-refractivity contribution is 14.0. The molecule has 0 heterocycles. The van der Waals surface area contributed by atoms with Crippen LogP contribution in [0.3, 0.4) is 0 Å². The number of sulfonamides is 1. The summed E-state index contributed by atoms with van der Waals surface area (Å²) in [6.45, 7) is 1.34. The van der Waals surface area contributed by atoms with E-state index in [9.17, 15) is 8.42 Å². The molecule has 0 unspecified atom stereocenters. The Kier molecular flexibility index (Phi) is 9.75. The standard InChI is InChI=1S/C19H26N4O2S.HI/c1-20-19(21-14-13-16-7-5-4-6-8-16)22-15-17-9-11-18(12-10-17)26(24,25)23(2)3;/h4-12H,13-15H2,1-3H3,(H2,20,21,22);1H. The highest BCUT2D eigenvalue weighted by Gasteiger charge is 2.16. The predicted molar refractivity (Wildman–Crippen MR) is 121 cm³/mol. The maximum absolute atomic E-state index is 12.1. The van der Waals surface area contributed by atoms with Crippen molar-refractivity contribution < 1.29 is 8.42 Å². The molecule has 2 N–H and O–H groups in total. The zero-order valence-corrected chi connectivity index (χ0v) is 19.0. The fraction of sp³-hybridized carbons (Fsp3) is 0.316. The van der Waals surface area contributed by atoms with Crippen molar-refractivity contribution >= 4 is 40.0 Å². The average Bonchev–Trinajstić information content (AvgIpc) is 2.65. The molecule has 0 saturated carbocycles. The second-order valence-corrected chi connectivity index (χ2v) is 8.17. The summed E-state index contributed by atoms with van der Waals surface area (Å²) in [6, 6.07) is 17.1. The van der Waals surface area contributed by atoms with Gasteiger partial charge in [-0.05, 0) is 29.7 Å². The van der Waals surface area contributed by atoms with Gasteiger partial charge in [-0.2, -0.15) is 0 Å². The molecule has 0 atom stereocenters. The lowest BCUT2D eigenvalue weighted by Gasteiger charge is -2.13. The van der Waals surface area contributed by atoms with E-state index in [2.05, 4.69) is 27.8 Å². The number of aliphatic imine (C=N–C) groups is 1. The van der Waals surface area contributed by atoms with Crippen molar-refractivity contribution in [1.82, 2.24) is 14.9 Å². The second kappa shape index (κ2) is 11.3. The molecule has 0 aliphatic carbocycles. The number of benzene rings is 2. The van der Waals surface area contributed by atoms with E-state index in [1.54, 1.807) is 31.3 Å². The van der Waals surface area contributed by atoms with Gasteiger partial charge >= 0.3 is 0 Å². The third-order valence-corrected chi connectivity index (χ3v) is 5.76. The molecule has 148 valence electrons. The Labute approximate surface area is 179 Å².